The predicted octanol–water partition coefficient (Wildman–Crippen LogP) is 2.89. The quantitative estimate of drug-likeness (QED) is 0.808. The van der Waals surface area contributed by atoms with Gasteiger partial charge in [0.05, 0.1) is 13.3 Å². The number of ketones is 1. The Kier molecular flexibility index (Phi) is 2.59. The van der Waals surface area contributed by atoms with Gasteiger partial charge in [0.25, 0.3) is 0 Å². The van der Waals surface area contributed by atoms with E-state index in [1.165, 1.54) is 0 Å². The Balaban J connectivity index is 2.15. The van der Waals surface area contributed by atoms with E-state index in [9.17, 15) is 4.79 Å². The largest absolute Gasteiger partial charge is 0.495 e. The predicted molar refractivity (Wildman–Crippen MR) is 68.9 cm³/mol. The molecule has 0 bridgehead atoms. The fourth-order valence-electron chi connectivity index (χ4n) is 2.44. The monoisotopic (exact) mass is 239 g/mol. The average Bonchev–Trinajstić information content (AvgIpc) is 2.81. The van der Waals surface area contributed by atoms with Gasteiger partial charge in [-0.15, -0.1) is 0 Å². The van der Waals surface area contributed by atoms with Crippen LogP contribution >= 0.6 is 0 Å². The minimum atomic E-state index is 0.239. The summed E-state index contributed by atoms with van der Waals surface area (Å²) in [5, 5.41) is 0. The molecular weight excluding hydrogens is 226 g/mol. The summed E-state index contributed by atoms with van der Waals surface area (Å²) in [6.07, 6.45) is 4.92. The molecule has 0 N–H and O–H groups in total. The van der Waals surface area contributed by atoms with Gasteiger partial charge in [0.2, 0.25) is 0 Å². The van der Waals surface area contributed by atoms with E-state index >= 15 is 0 Å². The molecule has 0 fully saturated rings. The van der Waals surface area contributed by atoms with Gasteiger partial charge in [-0.05, 0) is 23.6 Å². The van der Waals surface area contributed by atoms with Crippen molar-refractivity contribution >= 4 is 5.78 Å². The number of carbonyl (C=O) groups is 1. The van der Waals surface area contributed by atoms with Crippen LogP contribution in [0.3, 0.4) is 0 Å². The number of ether oxygens (including phenoxy) is 1. The summed E-state index contributed by atoms with van der Waals surface area (Å²) in [6, 6.07) is 7.82. The molecule has 0 saturated heterocycles. The van der Waals surface area contributed by atoms with E-state index < -0.39 is 0 Å². The van der Waals surface area contributed by atoms with Crippen molar-refractivity contribution in [2.24, 2.45) is 0 Å². The first-order valence-electron chi connectivity index (χ1n) is 5.94. The lowest BCUT2D eigenvalue weighted by Crippen LogP contribution is -1.93. The Bertz CT molecular complexity index is 620. The number of pyridine rings is 1. The maximum absolute atomic E-state index is 11.7. The average molecular weight is 239 g/mol. The zero-order valence-corrected chi connectivity index (χ0v) is 10.1. The highest BCUT2D eigenvalue weighted by molar-refractivity contribution is 6.02. The van der Waals surface area contributed by atoms with Gasteiger partial charge in [-0.25, -0.2) is 0 Å². The smallest absolute Gasteiger partial charge is 0.163 e. The Morgan fingerprint density at radius 1 is 1.17 bits per heavy atom. The van der Waals surface area contributed by atoms with Gasteiger partial charge in [-0.1, -0.05) is 18.2 Å². The van der Waals surface area contributed by atoms with Gasteiger partial charge in [-0.2, -0.15) is 0 Å². The molecule has 18 heavy (non-hydrogen) atoms. The molecule has 2 aromatic rings. The van der Waals surface area contributed by atoms with Crippen LogP contribution in [0.5, 0.6) is 5.75 Å². The van der Waals surface area contributed by atoms with E-state index in [1.807, 2.05) is 24.3 Å². The van der Waals surface area contributed by atoms with Crippen LogP contribution in [-0.4, -0.2) is 17.9 Å². The summed E-state index contributed by atoms with van der Waals surface area (Å²) in [7, 11) is 1.62. The Morgan fingerprint density at radius 2 is 2.00 bits per heavy atom. The lowest BCUT2D eigenvalue weighted by molar-refractivity contribution is 0.0994. The van der Waals surface area contributed by atoms with E-state index in [0.717, 1.165) is 34.4 Å². The molecule has 0 spiro atoms. The lowest BCUT2D eigenvalue weighted by atomic mass is 9.98. The van der Waals surface area contributed by atoms with E-state index in [0.29, 0.717) is 6.42 Å². The van der Waals surface area contributed by atoms with Crippen molar-refractivity contribution in [2.45, 2.75) is 12.8 Å². The van der Waals surface area contributed by atoms with E-state index in [-0.39, 0.29) is 5.78 Å². The molecule has 3 nitrogen and oxygen atoms in total. The number of carbonyl (C=O) groups excluding carboxylic acids is 1. The number of rotatable bonds is 2. The fraction of sp³-hybridized carbons (Fsp3) is 0.200. The highest BCUT2D eigenvalue weighted by atomic mass is 16.5. The van der Waals surface area contributed by atoms with Crippen molar-refractivity contribution in [3.05, 3.63) is 47.8 Å². The highest BCUT2D eigenvalue weighted by Gasteiger charge is 2.22. The van der Waals surface area contributed by atoms with Crippen LogP contribution in [-0.2, 0) is 6.42 Å². The topological polar surface area (TPSA) is 39.2 Å². The fourth-order valence-corrected chi connectivity index (χ4v) is 2.44. The van der Waals surface area contributed by atoms with Crippen molar-refractivity contribution in [1.29, 1.82) is 0 Å². The van der Waals surface area contributed by atoms with E-state index in [1.54, 1.807) is 19.5 Å². The molecule has 1 aromatic carbocycles. The summed E-state index contributed by atoms with van der Waals surface area (Å²) in [5.74, 6) is 0.970. The zero-order chi connectivity index (χ0) is 12.5. The van der Waals surface area contributed by atoms with Gasteiger partial charge in [-0.3, -0.25) is 9.78 Å². The maximum atomic E-state index is 11.7. The van der Waals surface area contributed by atoms with Crippen LogP contribution < -0.4 is 4.74 Å². The van der Waals surface area contributed by atoms with Gasteiger partial charge < -0.3 is 4.74 Å². The third-order valence-corrected chi connectivity index (χ3v) is 3.34. The van der Waals surface area contributed by atoms with Gasteiger partial charge in [0.15, 0.2) is 5.78 Å². The van der Waals surface area contributed by atoms with Crippen molar-refractivity contribution in [3.8, 4) is 16.9 Å². The van der Waals surface area contributed by atoms with Crippen LogP contribution in [0.2, 0.25) is 0 Å². The Hall–Kier alpha value is -2.16. The molecule has 3 heteroatoms. The normalized spacial score (nSPS) is 13.5. The molecule has 1 aromatic heterocycles. The van der Waals surface area contributed by atoms with Crippen LogP contribution in [0, 0.1) is 0 Å². The molecule has 1 heterocycles. The summed E-state index contributed by atoms with van der Waals surface area (Å²) in [5.41, 5.74) is 4.08. The van der Waals surface area contributed by atoms with Crippen molar-refractivity contribution in [3.63, 3.8) is 0 Å². The number of fused-ring (bicyclic) bond motifs is 1. The molecule has 0 atom stereocenters. The first-order chi connectivity index (χ1) is 8.79. The van der Waals surface area contributed by atoms with Gasteiger partial charge in [0, 0.05) is 23.7 Å². The van der Waals surface area contributed by atoms with Crippen LogP contribution in [0.25, 0.3) is 11.1 Å². The van der Waals surface area contributed by atoms with Gasteiger partial charge in [0.1, 0.15) is 5.75 Å². The Morgan fingerprint density at radius 3 is 2.83 bits per heavy atom. The molecule has 3 rings (SSSR count). The second kappa shape index (κ2) is 4.26. The minimum Gasteiger partial charge on any atom is -0.495 e. The van der Waals surface area contributed by atoms with Gasteiger partial charge >= 0.3 is 0 Å². The number of nitrogens with zero attached hydrogens (tertiary/aromatic N) is 1. The third kappa shape index (κ3) is 1.68. The first kappa shape index (κ1) is 11.0. The molecular formula is C15H13NO2. The Labute approximate surface area is 105 Å². The molecule has 1 aliphatic rings. The summed E-state index contributed by atoms with van der Waals surface area (Å²) in [6.45, 7) is 0. The van der Waals surface area contributed by atoms with Crippen molar-refractivity contribution in [2.75, 3.05) is 7.11 Å². The second-order valence-electron chi connectivity index (χ2n) is 4.37. The summed E-state index contributed by atoms with van der Waals surface area (Å²) >= 11 is 0. The number of hydrogen-bond acceptors (Lipinski definition) is 3. The van der Waals surface area contributed by atoms with E-state index in [4.69, 9.17) is 4.74 Å². The zero-order valence-electron chi connectivity index (χ0n) is 10.1. The lowest BCUT2D eigenvalue weighted by Gasteiger charge is -2.08. The summed E-state index contributed by atoms with van der Waals surface area (Å²) in [4.78, 5) is 15.9. The van der Waals surface area contributed by atoms with Crippen LogP contribution in [0.1, 0.15) is 22.3 Å². The van der Waals surface area contributed by atoms with Crippen LogP contribution in [0.4, 0.5) is 0 Å². The highest BCUT2D eigenvalue weighted by Crippen LogP contribution is 2.33. The van der Waals surface area contributed by atoms with Crippen molar-refractivity contribution in [1.82, 2.24) is 4.98 Å². The second-order valence-corrected chi connectivity index (χ2v) is 4.37. The first-order valence-corrected chi connectivity index (χ1v) is 5.94. The SMILES string of the molecule is COc1cncc(-c2cccc3c2CCC3=O)c1. The van der Waals surface area contributed by atoms with Crippen LogP contribution in [0.15, 0.2) is 36.7 Å². The standard InChI is InChI=1S/C15H13NO2/c1-18-11-7-10(8-16-9-11)12-3-2-4-14-13(12)5-6-15(14)17/h2-4,7-9H,5-6H2,1H3. The molecule has 90 valence electrons. The number of aromatic nitrogens is 1. The molecule has 0 saturated carbocycles. The molecule has 0 unspecified atom stereocenters. The van der Waals surface area contributed by atoms with E-state index in [2.05, 4.69) is 4.98 Å². The minimum absolute atomic E-state index is 0.239. The molecule has 0 radical (unpaired) electrons. The third-order valence-electron chi connectivity index (χ3n) is 3.34. The molecule has 0 amide bonds. The maximum Gasteiger partial charge on any atom is 0.163 e. The number of Topliss-reactive ketones (excluding diaryl/α,β-unsaturated/α-hetero) is 1. The number of methoxy groups -OCH3 is 1. The van der Waals surface area contributed by atoms with Crippen molar-refractivity contribution < 1.29 is 9.53 Å². The number of benzene rings is 1. The summed E-state index contributed by atoms with van der Waals surface area (Å²) < 4.78 is 5.19. The molecule has 0 aliphatic heterocycles. The number of hydrogen-bond donors (Lipinski definition) is 0. The molecule has 1 aliphatic carbocycles.